The van der Waals surface area contributed by atoms with Crippen molar-refractivity contribution < 1.29 is 4.79 Å². The van der Waals surface area contributed by atoms with Crippen molar-refractivity contribution in [3.63, 3.8) is 0 Å². The van der Waals surface area contributed by atoms with E-state index in [0.717, 1.165) is 13.0 Å². The Labute approximate surface area is 96.8 Å². The summed E-state index contributed by atoms with van der Waals surface area (Å²) in [7, 11) is 0. The molecule has 1 fully saturated rings. The average Bonchev–Trinajstić information content (AvgIpc) is 2.45. The van der Waals surface area contributed by atoms with E-state index in [2.05, 4.69) is 31.4 Å². The number of hydrogen-bond donors (Lipinski definition) is 2. The van der Waals surface area contributed by atoms with Gasteiger partial charge in [-0.3, -0.25) is 4.79 Å². The lowest BCUT2D eigenvalue weighted by Crippen LogP contribution is -2.50. The lowest BCUT2D eigenvalue weighted by atomic mass is 9.97. The predicted molar refractivity (Wildman–Crippen MR) is 66.2 cm³/mol. The summed E-state index contributed by atoms with van der Waals surface area (Å²) in [6.45, 7) is 7.37. The molecular formula is C11H22N2OS. The zero-order valence-electron chi connectivity index (χ0n) is 10.1. The Hall–Kier alpha value is -0.220. The minimum Gasteiger partial charge on any atom is -0.351 e. The molecule has 88 valence electrons. The monoisotopic (exact) mass is 230 g/mol. The Morgan fingerprint density at radius 2 is 2.33 bits per heavy atom. The second-order valence-corrected chi connectivity index (χ2v) is 6.08. The number of hydrogen-bond acceptors (Lipinski definition) is 3. The molecule has 1 heterocycles. The van der Waals surface area contributed by atoms with Gasteiger partial charge in [0, 0.05) is 23.3 Å². The van der Waals surface area contributed by atoms with Crippen molar-refractivity contribution in [3.8, 4) is 0 Å². The van der Waals surface area contributed by atoms with E-state index in [1.54, 1.807) is 11.8 Å². The van der Waals surface area contributed by atoms with Gasteiger partial charge in [0.25, 0.3) is 0 Å². The molecule has 3 nitrogen and oxygen atoms in total. The minimum absolute atomic E-state index is 0.0399. The van der Waals surface area contributed by atoms with E-state index < -0.39 is 0 Å². The molecule has 0 saturated carbocycles. The number of rotatable bonds is 4. The third-order valence-corrected chi connectivity index (χ3v) is 4.07. The van der Waals surface area contributed by atoms with Crippen molar-refractivity contribution in [1.29, 1.82) is 0 Å². The summed E-state index contributed by atoms with van der Waals surface area (Å²) in [5.41, 5.74) is 0.0399. The van der Waals surface area contributed by atoms with E-state index in [0.29, 0.717) is 11.7 Å². The maximum absolute atomic E-state index is 11.7. The van der Waals surface area contributed by atoms with Crippen LogP contribution < -0.4 is 10.6 Å². The van der Waals surface area contributed by atoms with Crippen LogP contribution in [0.4, 0.5) is 0 Å². The van der Waals surface area contributed by atoms with Gasteiger partial charge < -0.3 is 10.6 Å². The molecule has 1 amide bonds. The number of carbonyl (C=O) groups excluding carboxylic acids is 1. The number of nitrogens with one attached hydrogen (secondary N) is 2. The van der Waals surface area contributed by atoms with Crippen LogP contribution in [0.25, 0.3) is 0 Å². The average molecular weight is 230 g/mol. The molecule has 0 spiro atoms. The van der Waals surface area contributed by atoms with Crippen LogP contribution in [0.2, 0.25) is 0 Å². The molecule has 1 aliphatic heterocycles. The lowest BCUT2D eigenvalue weighted by molar-refractivity contribution is -0.122. The Kier molecular flexibility index (Phi) is 4.46. The Morgan fingerprint density at radius 3 is 2.80 bits per heavy atom. The van der Waals surface area contributed by atoms with Gasteiger partial charge >= 0.3 is 0 Å². The van der Waals surface area contributed by atoms with Gasteiger partial charge in [-0.1, -0.05) is 6.92 Å². The largest absolute Gasteiger partial charge is 0.351 e. The summed E-state index contributed by atoms with van der Waals surface area (Å²) >= 11 is 1.73. The third kappa shape index (κ3) is 3.68. The van der Waals surface area contributed by atoms with Gasteiger partial charge in [0.05, 0.1) is 0 Å². The molecule has 1 aliphatic rings. The standard InChI is InChI=1S/C11H22N2OS/c1-8(15-4)7-10(14)13-9-5-6-12-11(9,2)3/h8-9,12H,5-7H2,1-4H3,(H,13,14). The highest BCUT2D eigenvalue weighted by atomic mass is 32.2. The first kappa shape index (κ1) is 12.8. The SMILES string of the molecule is CSC(C)CC(=O)NC1CCNC1(C)C. The Morgan fingerprint density at radius 1 is 1.67 bits per heavy atom. The van der Waals surface area contributed by atoms with Crippen molar-refractivity contribution in [2.45, 2.75) is 50.4 Å². The molecule has 0 bridgehead atoms. The summed E-state index contributed by atoms with van der Waals surface area (Å²) in [6, 6.07) is 0.277. The molecular weight excluding hydrogens is 208 g/mol. The van der Waals surface area contributed by atoms with Gasteiger partial charge in [-0.25, -0.2) is 0 Å². The van der Waals surface area contributed by atoms with Crippen molar-refractivity contribution in [2.75, 3.05) is 12.8 Å². The lowest BCUT2D eigenvalue weighted by Gasteiger charge is -2.28. The van der Waals surface area contributed by atoms with Crippen LogP contribution in [0, 0.1) is 0 Å². The molecule has 0 aromatic heterocycles. The molecule has 0 aromatic carbocycles. The number of carbonyl (C=O) groups is 1. The topological polar surface area (TPSA) is 41.1 Å². The zero-order chi connectivity index (χ0) is 11.5. The molecule has 4 heteroatoms. The minimum atomic E-state index is 0.0399. The van der Waals surface area contributed by atoms with Crippen LogP contribution >= 0.6 is 11.8 Å². The summed E-state index contributed by atoms with van der Waals surface area (Å²) in [6.07, 6.45) is 3.69. The van der Waals surface area contributed by atoms with E-state index in [1.165, 1.54) is 0 Å². The zero-order valence-corrected chi connectivity index (χ0v) is 10.9. The third-order valence-electron chi connectivity index (χ3n) is 3.10. The fourth-order valence-corrected chi connectivity index (χ4v) is 2.19. The molecule has 0 aromatic rings. The first-order valence-corrected chi connectivity index (χ1v) is 6.81. The van der Waals surface area contributed by atoms with Crippen molar-refractivity contribution in [3.05, 3.63) is 0 Å². The van der Waals surface area contributed by atoms with Crippen LogP contribution in [-0.4, -0.2) is 35.5 Å². The molecule has 2 unspecified atom stereocenters. The van der Waals surface area contributed by atoms with Gasteiger partial charge in [0.1, 0.15) is 0 Å². The van der Waals surface area contributed by atoms with E-state index in [-0.39, 0.29) is 17.5 Å². The van der Waals surface area contributed by atoms with Crippen molar-refractivity contribution in [1.82, 2.24) is 10.6 Å². The molecule has 1 rings (SSSR count). The second kappa shape index (κ2) is 5.21. The number of amides is 1. The van der Waals surface area contributed by atoms with Crippen molar-refractivity contribution in [2.24, 2.45) is 0 Å². The first-order valence-electron chi connectivity index (χ1n) is 5.53. The summed E-state index contributed by atoms with van der Waals surface area (Å²) in [5.74, 6) is 0.179. The molecule has 15 heavy (non-hydrogen) atoms. The fourth-order valence-electron chi connectivity index (χ4n) is 1.87. The summed E-state index contributed by atoms with van der Waals surface area (Å²) in [4.78, 5) is 11.7. The normalized spacial score (nSPS) is 26.3. The highest BCUT2D eigenvalue weighted by molar-refractivity contribution is 7.99. The van der Waals surface area contributed by atoms with Gasteiger partial charge in [-0.15, -0.1) is 0 Å². The number of thioether (sulfide) groups is 1. The van der Waals surface area contributed by atoms with E-state index in [9.17, 15) is 4.79 Å². The van der Waals surface area contributed by atoms with Gasteiger partial charge in [0.15, 0.2) is 0 Å². The van der Waals surface area contributed by atoms with Crippen LogP contribution in [0.15, 0.2) is 0 Å². The maximum atomic E-state index is 11.7. The molecule has 0 radical (unpaired) electrons. The van der Waals surface area contributed by atoms with Crippen molar-refractivity contribution >= 4 is 17.7 Å². The smallest absolute Gasteiger partial charge is 0.221 e. The van der Waals surface area contributed by atoms with Crippen LogP contribution in [0.3, 0.4) is 0 Å². The van der Waals surface area contributed by atoms with E-state index in [1.807, 2.05) is 6.26 Å². The Bertz CT molecular complexity index is 231. The highest BCUT2D eigenvalue weighted by Gasteiger charge is 2.34. The fraction of sp³-hybridized carbons (Fsp3) is 0.909. The van der Waals surface area contributed by atoms with Crippen LogP contribution in [-0.2, 0) is 4.79 Å². The predicted octanol–water partition coefficient (Wildman–Crippen LogP) is 1.38. The molecule has 2 N–H and O–H groups in total. The van der Waals surface area contributed by atoms with Gasteiger partial charge in [-0.05, 0) is 33.1 Å². The Balaban J connectivity index is 2.38. The molecule has 1 saturated heterocycles. The summed E-state index contributed by atoms with van der Waals surface area (Å²) < 4.78 is 0. The summed E-state index contributed by atoms with van der Waals surface area (Å²) in [5, 5.41) is 6.92. The van der Waals surface area contributed by atoms with Crippen LogP contribution in [0.5, 0.6) is 0 Å². The second-order valence-electron chi connectivity index (χ2n) is 4.81. The first-order chi connectivity index (χ1) is 6.95. The molecule has 0 aliphatic carbocycles. The van der Waals surface area contributed by atoms with E-state index in [4.69, 9.17) is 0 Å². The van der Waals surface area contributed by atoms with Crippen LogP contribution in [0.1, 0.15) is 33.6 Å². The quantitative estimate of drug-likeness (QED) is 0.767. The van der Waals surface area contributed by atoms with E-state index >= 15 is 0 Å². The van der Waals surface area contributed by atoms with Gasteiger partial charge in [-0.2, -0.15) is 11.8 Å². The maximum Gasteiger partial charge on any atom is 0.221 e. The van der Waals surface area contributed by atoms with Gasteiger partial charge in [0.2, 0.25) is 5.91 Å². The molecule has 2 atom stereocenters. The highest BCUT2D eigenvalue weighted by Crippen LogP contribution is 2.19.